The maximum absolute atomic E-state index is 8.56. The minimum Gasteiger partial charge on any atom is -0.291 e. The molecule has 0 saturated carbocycles. The van der Waals surface area contributed by atoms with Crippen LogP contribution >= 0.6 is 0 Å². The van der Waals surface area contributed by atoms with Crippen molar-refractivity contribution < 1.29 is 0 Å². The normalized spacial score (nSPS) is 9.71. The van der Waals surface area contributed by atoms with Gasteiger partial charge in [-0.3, -0.25) is 10.3 Å². The Bertz CT molecular complexity index is 511. The van der Waals surface area contributed by atoms with E-state index in [1.807, 2.05) is 43.4 Å². The molecule has 0 aliphatic rings. The third-order valence-corrected chi connectivity index (χ3v) is 2.05. The highest BCUT2D eigenvalue weighted by Crippen LogP contribution is 2.21. The van der Waals surface area contributed by atoms with Gasteiger partial charge in [0.15, 0.2) is 6.19 Å². The van der Waals surface area contributed by atoms with E-state index in [1.165, 1.54) is 0 Å². The summed E-state index contributed by atoms with van der Waals surface area (Å²) in [6, 6.07) is 9.68. The van der Waals surface area contributed by atoms with E-state index in [4.69, 9.17) is 5.26 Å². The van der Waals surface area contributed by atoms with Crippen molar-refractivity contribution in [2.75, 3.05) is 5.32 Å². The smallest absolute Gasteiger partial charge is 0.181 e. The molecule has 0 spiro atoms. The van der Waals surface area contributed by atoms with Gasteiger partial charge in [0.2, 0.25) is 0 Å². The Morgan fingerprint density at radius 3 is 2.93 bits per heavy atom. The van der Waals surface area contributed by atoms with E-state index in [2.05, 4.69) is 10.3 Å². The van der Waals surface area contributed by atoms with E-state index in [-0.39, 0.29) is 0 Å². The molecular formula is C11H9N3. The number of fused-ring (bicyclic) bond motifs is 1. The van der Waals surface area contributed by atoms with Crippen LogP contribution < -0.4 is 5.32 Å². The summed E-state index contributed by atoms with van der Waals surface area (Å²) in [5, 5.41) is 12.2. The van der Waals surface area contributed by atoms with Crippen LogP contribution in [0, 0.1) is 18.4 Å². The summed E-state index contributed by atoms with van der Waals surface area (Å²) in [5.74, 6) is 0. The van der Waals surface area contributed by atoms with Crippen LogP contribution in [0.5, 0.6) is 0 Å². The molecule has 1 N–H and O–H groups in total. The number of anilines is 1. The highest BCUT2D eigenvalue weighted by molar-refractivity contribution is 5.90. The van der Waals surface area contributed by atoms with E-state index in [1.54, 1.807) is 0 Å². The Kier molecular flexibility index (Phi) is 2.04. The Labute approximate surface area is 82.0 Å². The minimum atomic E-state index is 0.758. The van der Waals surface area contributed by atoms with Gasteiger partial charge in [-0.05, 0) is 19.1 Å². The number of aromatic nitrogens is 1. The van der Waals surface area contributed by atoms with Gasteiger partial charge in [-0.1, -0.05) is 18.2 Å². The molecule has 1 aromatic heterocycles. The molecule has 0 aliphatic heterocycles. The first-order valence-corrected chi connectivity index (χ1v) is 4.33. The van der Waals surface area contributed by atoms with Crippen LogP contribution in [0.3, 0.4) is 0 Å². The van der Waals surface area contributed by atoms with Crippen LogP contribution in [0.25, 0.3) is 10.9 Å². The highest BCUT2D eigenvalue weighted by atomic mass is 14.9. The summed E-state index contributed by atoms with van der Waals surface area (Å²) >= 11 is 0. The molecule has 3 heteroatoms. The molecule has 0 aliphatic carbocycles. The van der Waals surface area contributed by atoms with Crippen molar-refractivity contribution in [3.63, 3.8) is 0 Å². The van der Waals surface area contributed by atoms with Crippen molar-refractivity contribution in [2.45, 2.75) is 6.92 Å². The number of nitrogens with one attached hydrogen (secondary N) is 1. The highest BCUT2D eigenvalue weighted by Gasteiger charge is 2.00. The number of hydrogen-bond acceptors (Lipinski definition) is 3. The number of pyridine rings is 1. The second kappa shape index (κ2) is 3.35. The first-order valence-electron chi connectivity index (χ1n) is 4.33. The molecule has 0 saturated heterocycles. The first-order chi connectivity index (χ1) is 6.81. The molecule has 0 radical (unpaired) electrons. The lowest BCUT2D eigenvalue weighted by Crippen LogP contribution is -1.91. The molecule has 0 amide bonds. The molecule has 0 fully saturated rings. The molecule has 68 valence electrons. The number of aryl methyl sites for hydroxylation is 1. The van der Waals surface area contributed by atoms with Gasteiger partial charge < -0.3 is 0 Å². The van der Waals surface area contributed by atoms with Gasteiger partial charge in [-0.25, -0.2) is 0 Å². The van der Waals surface area contributed by atoms with E-state index < -0.39 is 0 Å². The summed E-state index contributed by atoms with van der Waals surface area (Å²) in [5.41, 5.74) is 2.55. The zero-order valence-electron chi connectivity index (χ0n) is 7.78. The van der Waals surface area contributed by atoms with Gasteiger partial charge in [0.25, 0.3) is 0 Å². The lowest BCUT2D eigenvalue weighted by Gasteiger charge is -2.03. The fourth-order valence-corrected chi connectivity index (χ4v) is 1.41. The van der Waals surface area contributed by atoms with Crippen molar-refractivity contribution in [1.29, 1.82) is 5.26 Å². The van der Waals surface area contributed by atoms with Crippen molar-refractivity contribution in [3.05, 3.63) is 36.0 Å². The Morgan fingerprint density at radius 1 is 1.29 bits per heavy atom. The van der Waals surface area contributed by atoms with Crippen LogP contribution in [-0.4, -0.2) is 4.98 Å². The molecule has 3 nitrogen and oxygen atoms in total. The van der Waals surface area contributed by atoms with Gasteiger partial charge in [0.05, 0.1) is 11.2 Å². The van der Waals surface area contributed by atoms with Crippen LogP contribution in [0.4, 0.5) is 5.69 Å². The number of benzene rings is 1. The lowest BCUT2D eigenvalue weighted by molar-refractivity contribution is 1.25. The fraction of sp³-hybridized carbons (Fsp3) is 0.0909. The quantitative estimate of drug-likeness (QED) is 0.545. The molecular weight excluding hydrogens is 174 g/mol. The Morgan fingerprint density at radius 2 is 2.14 bits per heavy atom. The monoisotopic (exact) mass is 183 g/mol. The van der Waals surface area contributed by atoms with E-state index in [9.17, 15) is 0 Å². The van der Waals surface area contributed by atoms with Gasteiger partial charge in [-0.2, -0.15) is 5.26 Å². The van der Waals surface area contributed by atoms with Crippen molar-refractivity contribution >= 4 is 16.6 Å². The summed E-state index contributed by atoms with van der Waals surface area (Å²) < 4.78 is 0. The Balaban J connectivity index is 2.72. The summed E-state index contributed by atoms with van der Waals surface area (Å²) in [4.78, 5) is 4.38. The summed E-state index contributed by atoms with van der Waals surface area (Å²) in [6.45, 7) is 1.93. The lowest BCUT2D eigenvalue weighted by atomic mass is 10.2. The maximum Gasteiger partial charge on any atom is 0.181 e. The summed E-state index contributed by atoms with van der Waals surface area (Å²) in [7, 11) is 0. The fourth-order valence-electron chi connectivity index (χ4n) is 1.41. The average molecular weight is 183 g/mol. The molecule has 0 atom stereocenters. The first kappa shape index (κ1) is 8.52. The third kappa shape index (κ3) is 1.38. The zero-order chi connectivity index (χ0) is 9.97. The average Bonchev–Trinajstić information content (AvgIpc) is 2.19. The number of nitrogens with zero attached hydrogens (tertiary/aromatic N) is 2. The van der Waals surface area contributed by atoms with Gasteiger partial charge in [0.1, 0.15) is 0 Å². The van der Waals surface area contributed by atoms with E-state index >= 15 is 0 Å². The number of rotatable bonds is 1. The van der Waals surface area contributed by atoms with Crippen molar-refractivity contribution in [3.8, 4) is 6.19 Å². The molecule has 0 bridgehead atoms. The summed E-state index contributed by atoms with van der Waals surface area (Å²) in [6.07, 6.45) is 1.91. The predicted octanol–water partition coefficient (Wildman–Crippen LogP) is 2.44. The topological polar surface area (TPSA) is 48.7 Å². The molecule has 14 heavy (non-hydrogen) atoms. The third-order valence-electron chi connectivity index (χ3n) is 2.05. The predicted molar refractivity (Wildman–Crippen MR) is 55.7 cm³/mol. The second-order valence-corrected chi connectivity index (χ2v) is 3.07. The minimum absolute atomic E-state index is 0.758. The zero-order valence-corrected chi connectivity index (χ0v) is 7.78. The standard InChI is InChI=1S/C11H9N3/c1-8-5-6-9-3-2-4-10(13-7-12)11(9)14-8/h2-6,13H,1H3. The molecule has 2 aromatic rings. The van der Waals surface area contributed by atoms with Crippen LogP contribution in [0.1, 0.15) is 5.69 Å². The van der Waals surface area contributed by atoms with Crippen molar-refractivity contribution in [2.24, 2.45) is 0 Å². The molecule has 2 rings (SSSR count). The molecule has 0 unspecified atom stereocenters. The van der Waals surface area contributed by atoms with E-state index in [0.717, 1.165) is 22.3 Å². The number of para-hydroxylation sites is 1. The number of nitriles is 1. The van der Waals surface area contributed by atoms with Crippen LogP contribution in [-0.2, 0) is 0 Å². The number of hydrogen-bond donors (Lipinski definition) is 1. The van der Waals surface area contributed by atoms with Crippen LogP contribution in [0.2, 0.25) is 0 Å². The van der Waals surface area contributed by atoms with Gasteiger partial charge >= 0.3 is 0 Å². The largest absolute Gasteiger partial charge is 0.291 e. The molecule has 1 aromatic carbocycles. The van der Waals surface area contributed by atoms with Crippen LogP contribution in [0.15, 0.2) is 30.3 Å². The van der Waals surface area contributed by atoms with Gasteiger partial charge in [-0.15, -0.1) is 0 Å². The SMILES string of the molecule is Cc1ccc2cccc(NC#N)c2n1. The maximum atomic E-state index is 8.56. The molecule has 1 heterocycles. The van der Waals surface area contributed by atoms with E-state index in [0.29, 0.717) is 0 Å². The van der Waals surface area contributed by atoms with Gasteiger partial charge in [0, 0.05) is 11.1 Å². The second-order valence-electron chi connectivity index (χ2n) is 3.07. The van der Waals surface area contributed by atoms with Crippen molar-refractivity contribution in [1.82, 2.24) is 4.98 Å². The Hall–Kier alpha value is -2.08.